The van der Waals surface area contributed by atoms with Gasteiger partial charge >= 0.3 is 0 Å². The zero-order chi connectivity index (χ0) is 14.1. The molecule has 1 aliphatic rings. The van der Waals surface area contributed by atoms with Gasteiger partial charge in [-0.3, -0.25) is 0 Å². The number of thioether (sulfide) groups is 1. The smallest absolute Gasteiger partial charge is 0.0607 e. The van der Waals surface area contributed by atoms with Crippen molar-refractivity contribution < 1.29 is 0 Å². The molecule has 104 valence electrons. The Kier molecular flexibility index (Phi) is 3.75. The minimum Gasteiger partial charge on any atom is -0.377 e. The fraction of sp³-hybridized carbons (Fsp3) is 0.333. The zero-order valence-corrected chi connectivity index (χ0v) is 13.2. The van der Waals surface area contributed by atoms with Crippen molar-refractivity contribution in [2.24, 2.45) is 0 Å². The summed E-state index contributed by atoms with van der Waals surface area (Å²) in [5.41, 5.74) is 8.27. The Morgan fingerprint density at radius 1 is 1.05 bits per heavy atom. The Morgan fingerprint density at radius 2 is 1.75 bits per heavy atom. The van der Waals surface area contributed by atoms with E-state index in [0.29, 0.717) is 6.04 Å². The molecule has 1 N–H and O–H groups in total. The Hall–Kier alpha value is -1.41. The number of hydrogen-bond donors (Lipinski definition) is 1. The topological polar surface area (TPSA) is 12.0 Å². The molecule has 0 radical (unpaired) electrons. The number of nitrogens with one attached hydrogen (secondary N) is 1. The molecule has 1 nitrogen and oxygen atoms in total. The van der Waals surface area contributed by atoms with Crippen LogP contribution in [0.4, 0.5) is 5.69 Å². The lowest BCUT2D eigenvalue weighted by Crippen LogP contribution is -2.19. The van der Waals surface area contributed by atoms with Gasteiger partial charge in [-0.05, 0) is 43.0 Å². The first-order valence-electron chi connectivity index (χ1n) is 7.15. The van der Waals surface area contributed by atoms with Gasteiger partial charge in [-0.2, -0.15) is 11.8 Å². The van der Waals surface area contributed by atoms with E-state index in [1.54, 1.807) is 0 Å². The quantitative estimate of drug-likeness (QED) is 0.831. The number of benzene rings is 2. The molecular formula is C18H21NS. The molecule has 0 bridgehead atoms. The van der Waals surface area contributed by atoms with E-state index >= 15 is 0 Å². The molecule has 1 aliphatic heterocycles. The maximum absolute atomic E-state index is 3.78. The summed E-state index contributed by atoms with van der Waals surface area (Å²) < 4.78 is 0. The first kappa shape index (κ1) is 13.6. The van der Waals surface area contributed by atoms with Gasteiger partial charge in [0.15, 0.2) is 0 Å². The summed E-state index contributed by atoms with van der Waals surface area (Å²) in [7, 11) is 0. The summed E-state index contributed by atoms with van der Waals surface area (Å²) in [5, 5.41) is 3.78. The fourth-order valence-corrected chi connectivity index (χ4v) is 4.18. The average Bonchev–Trinajstić information content (AvgIpc) is 2.43. The van der Waals surface area contributed by atoms with E-state index < -0.39 is 0 Å². The summed E-state index contributed by atoms with van der Waals surface area (Å²) in [6.45, 7) is 6.56. The highest BCUT2D eigenvalue weighted by atomic mass is 32.2. The third kappa shape index (κ3) is 2.57. The Bertz CT molecular complexity index is 610. The van der Waals surface area contributed by atoms with Crippen molar-refractivity contribution in [3.05, 3.63) is 64.2 Å². The third-order valence-corrected chi connectivity index (χ3v) is 5.05. The first-order chi connectivity index (χ1) is 9.65. The molecule has 0 saturated heterocycles. The molecule has 0 saturated carbocycles. The normalized spacial score (nSPS) is 17.6. The van der Waals surface area contributed by atoms with Crippen molar-refractivity contribution in [2.45, 2.75) is 32.6 Å². The van der Waals surface area contributed by atoms with Crippen LogP contribution in [0.3, 0.4) is 0 Å². The lowest BCUT2D eigenvalue weighted by molar-refractivity contribution is 0.867. The van der Waals surface area contributed by atoms with Crippen LogP contribution in [0.15, 0.2) is 36.4 Å². The largest absolute Gasteiger partial charge is 0.377 e. The average molecular weight is 283 g/mol. The highest BCUT2D eigenvalue weighted by Crippen LogP contribution is 2.35. The number of rotatable bonds is 2. The van der Waals surface area contributed by atoms with Crippen LogP contribution in [0.2, 0.25) is 0 Å². The monoisotopic (exact) mass is 283 g/mol. The van der Waals surface area contributed by atoms with E-state index in [0.717, 1.165) is 11.5 Å². The van der Waals surface area contributed by atoms with E-state index in [1.807, 2.05) is 11.8 Å². The second kappa shape index (κ2) is 5.53. The number of anilines is 1. The predicted octanol–water partition coefficient (Wildman–Crippen LogP) is 5.01. The predicted molar refractivity (Wildman–Crippen MR) is 89.6 cm³/mol. The lowest BCUT2D eigenvalue weighted by Gasteiger charge is -2.28. The molecule has 1 heterocycles. The molecule has 2 heteroatoms. The molecule has 1 unspecified atom stereocenters. The van der Waals surface area contributed by atoms with Crippen molar-refractivity contribution >= 4 is 17.4 Å². The Labute approximate surface area is 125 Å². The van der Waals surface area contributed by atoms with Crippen molar-refractivity contribution in [3.63, 3.8) is 0 Å². The van der Waals surface area contributed by atoms with E-state index in [-0.39, 0.29) is 0 Å². The second-order valence-corrected chi connectivity index (χ2v) is 6.71. The summed E-state index contributed by atoms with van der Waals surface area (Å²) in [4.78, 5) is 0. The Morgan fingerprint density at radius 3 is 2.50 bits per heavy atom. The molecule has 2 aromatic rings. The number of hydrogen-bond acceptors (Lipinski definition) is 2. The minimum atomic E-state index is 0.421. The van der Waals surface area contributed by atoms with Crippen LogP contribution in [0.5, 0.6) is 0 Å². The van der Waals surface area contributed by atoms with Gasteiger partial charge in [-0.1, -0.05) is 42.0 Å². The van der Waals surface area contributed by atoms with Crippen molar-refractivity contribution in [1.82, 2.24) is 0 Å². The van der Waals surface area contributed by atoms with Crippen LogP contribution in [0.1, 0.15) is 33.9 Å². The van der Waals surface area contributed by atoms with Crippen LogP contribution in [-0.4, -0.2) is 5.75 Å². The van der Waals surface area contributed by atoms with Gasteiger partial charge in [0, 0.05) is 17.2 Å². The highest BCUT2D eigenvalue weighted by molar-refractivity contribution is 7.98. The molecule has 0 spiro atoms. The first-order valence-corrected chi connectivity index (χ1v) is 8.30. The molecule has 2 aromatic carbocycles. The molecule has 1 atom stereocenters. The molecule has 0 aliphatic carbocycles. The van der Waals surface area contributed by atoms with Crippen LogP contribution in [-0.2, 0) is 5.75 Å². The van der Waals surface area contributed by atoms with Gasteiger partial charge in [0.25, 0.3) is 0 Å². The third-order valence-electron chi connectivity index (χ3n) is 3.97. The highest BCUT2D eigenvalue weighted by Gasteiger charge is 2.20. The van der Waals surface area contributed by atoms with Crippen LogP contribution in [0, 0.1) is 20.8 Å². The van der Waals surface area contributed by atoms with Crippen molar-refractivity contribution in [3.8, 4) is 0 Å². The number of fused-ring (bicyclic) bond motifs is 1. The summed E-state index contributed by atoms with van der Waals surface area (Å²) in [5.74, 6) is 2.28. The van der Waals surface area contributed by atoms with Gasteiger partial charge in [0.1, 0.15) is 0 Å². The van der Waals surface area contributed by atoms with Gasteiger partial charge in [0.05, 0.1) is 6.04 Å². The summed E-state index contributed by atoms with van der Waals surface area (Å²) >= 11 is 2.02. The Balaban J connectivity index is 1.94. The van der Waals surface area contributed by atoms with Crippen LogP contribution in [0.25, 0.3) is 0 Å². The van der Waals surface area contributed by atoms with Crippen molar-refractivity contribution in [2.75, 3.05) is 11.1 Å². The number of aryl methyl sites for hydroxylation is 3. The van der Waals surface area contributed by atoms with E-state index in [1.165, 1.54) is 33.5 Å². The van der Waals surface area contributed by atoms with Crippen LogP contribution >= 0.6 is 11.8 Å². The molecule has 20 heavy (non-hydrogen) atoms. The zero-order valence-electron chi connectivity index (χ0n) is 12.4. The maximum atomic E-state index is 3.78. The van der Waals surface area contributed by atoms with Gasteiger partial charge in [-0.15, -0.1) is 0 Å². The maximum Gasteiger partial charge on any atom is 0.0607 e. The standard InChI is InChI=1S/C18H21NS/c1-12-8-13(2)18(14(3)9-12)19-17-11-20-10-15-6-4-5-7-16(15)17/h4-9,17,19H,10-11H2,1-3H3. The summed E-state index contributed by atoms with van der Waals surface area (Å²) in [6.07, 6.45) is 0. The lowest BCUT2D eigenvalue weighted by atomic mass is 9.99. The van der Waals surface area contributed by atoms with Crippen LogP contribution < -0.4 is 5.32 Å². The summed E-state index contributed by atoms with van der Waals surface area (Å²) in [6, 6.07) is 13.8. The van der Waals surface area contributed by atoms with Gasteiger partial charge in [-0.25, -0.2) is 0 Å². The van der Waals surface area contributed by atoms with Gasteiger partial charge in [0.2, 0.25) is 0 Å². The van der Waals surface area contributed by atoms with E-state index in [2.05, 4.69) is 62.5 Å². The van der Waals surface area contributed by atoms with Crippen molar-refractivity contribution in [1.29, 1.82) is 0 Å². The van der Waals surface area contributed by atoms with Gasteiger partial charge < -0.3 is 5.32 Å². The second-order valence-electron chi connectivity index (χ2n) is 5.68. The SMILES string of the molecule is Cc1cc(C)c(NC2CSCc3ccccc32)c(C)c1. The molecule has 0 amide bonds. The van der Waals surface area contributed by atoms with E-state index in [4.69, 9.17) is 0 Å². The van der Waals surface area contributed by atoms with E-state index in [9.17, 15) is 0 Å². The molecule has 3 rings (SSSR count). The minimum absolute atomic E-state index is 0.421. The fourth-order valence-electron chi connectivity index (χ4n) is 3.08. The molecular weight excluding hydrogens is 262 g/mol. The molecule has 0 fully saturated rings. The molecule has 0 aromatic heterocycles.